The molecule has 7 nitrogen and oxygen atoms in total. The number of nitrogens with zero attached hydrogens (tertiary/aromatic N) is 2. The van der Waals surface area contributed by atoms with Crippen LogP contribution in [0.1, 0.15) is 26.5 Å². The van der Waals surface area contributed by atoms with E-state index in [4.69, 9.17) is 10.5 Å². The van der Waals surface area contributed by atoms with Crippen molar-refractivity contribution >= 4 is 28.5 Å². The van der Waals surface area contributed by atoms with Crippen molar-refractivity contribution in [2.24, 2.45) is 0 Å². The summed E-state index contributed by atoms with van der Waals surface area (Å²) in [6.07, 6.45) is 2.70. The Hall–Kier alpha value is -3.22. The lowest BCUT2D eigenvalue weighted by Gasteiger charge is -2.05. The van der Waals surface area contributed by atoms with Crippen LogP contribution in [-0.4, -0.2) is 33.3 Å². The molecule has 7 heteroatoms. The van der Waals surface area contributed by atoms with Gasteiger partial charge in [-0.05, 0) is 13.0 Å². The Morgan fingerprint density at radius 3 is 2.74 bits per heavy atom. The molecule has 3 rings (SSSR count). The third-order valence-corrected chi connectivity index (χ3v) is 3.43. The first-order valence-corrected chi connectivity index (χ1v) is 6.92. The van der Waals surface area contributed by atoms with E-state index in [2.05, 4.69) is 15.0 Å². The Balaban J connectivity index is 1.78. The van der Waals surface area contributed by atoms with Crippen LogP contribution in [0.25, 0.3) is 10.9 Å². The number of ketones is 1. The molecule has 0 spiro atoms. The highest BCUT2D eigenvalue weighted by atomic mass is 16.5. The van der Waals surface area contributed by atoms with Gasteiger partial charge in [0.1, 0.15) is 0 Å². The van der Waals surface area contributed by atoms with Gasteiger partial charge in [0.2, 0.25) is 5.78 Å². The number of aromatic amines is 1. The molecule has 0 radical (unpaired) electrons. The third kappa shape index (κ3) is 2.76. The fourth-order valence-corrected chi connectivity index (χ4v) is 2.41. The second-order valence-corrected chi connectivity index (χ2v) is 4.96. The number of nitrogens with one attached hydrogen (secondary N) is 1. The number of hydrogen-bond donors (Lipinski definition) is 2. The molecule has 0 amide bonds. The molecule has 0 aliphatic rings. The van der Waals surface area contributed by atoms with E-state index in [1.54, 1.807) is 6.92 Å². The first-order chi connectivity index (χ1) is 11.1. The Labute approximate surface area is 131 Å². The SMILES string of the molecule is Cc1[nH]c2ccccc2c1C(=O)COC(=O)c1nccnc1N. The molecule has 3 aromatic rings. The quantitative estimate of drug-likeness (QED) is 0.562. The maximum absolute atomic E-state index is 12.4. The number of aromatic nitrogens is 3. The molecule has 0 atom stereocenters. The number of rotatable bonds is 4. The van der Waals surface area contributed by atoms with E-state index in [0.717, 1.165) is 16.6 Å². The van der Waals surface area contributed by atoms with Gasteiger partial charge in [0, 0.05) is 34.6 Å². The summed E-state index contributed by atoms with van der Waals surface area (Å²) in [4.78, 5) is 35.0. The van der Waals surface area contributed by atoms with Gasteiger partial charge >= 0.3 is 5.97 Å². The number of nitrogen functional groups attached to an aromatic ring is 1. The third-order valence-electron chi connectivity index (χ3n) is 3.43. The van der Waals surface area contributed by atoms with Crippen LogP contribution in [0.4, 0.5) is 5.82 Å². The van der Waals surface area contributed by atoms with E-state index in [0.29, 0.717) is 5.56 Å². The van der Waals surface area contributed by atoms with Crippen LogP contribution >= 0.6 is 0 Å². The lowest BCUT2D eigenvalue weighted by Crippen LogP contribution is -2.17. The zero-order valence-electron chi connectivity index (χ0n) is 12.4. The molecule has 0 saturated heterocycles. The van der Waals surface area contributed by atoms with Crippen LogP contribution in [0.3, 0.4) is 0 Å². The number of ether oxygens (including phenoxy) is 1. The number of benzene rings is 1. The predicted molar refractivity (Wildman–Crippen MR) is 84.1 cm³/mol. The Kier molecular flexibility index (Phi) is 3.76. The molecule has 0 saturated carbocycles. The summed E-state index contributed by atoms with van der Waals surface area (Å²) in [6.45, 7) is 1.41. The highest BCUT2D eigenvalue weighted by Crippen LogP contribution is 2.22. The Morgan fingerprint density at radius 2 is 1.96 bits per heavy atom. The van der Waals surface area contributed by atoms with Crippen molar-refractivity contribution < 1.29 is 14.3 Å². The van der Waals surface area contributed by atoms with Crippen molar-refractivity contribution in [1.82, 2.24) is 15.0 Å². The fraction of sp³-hybridized carbons (Fsp3) is 0.125. The average molecular weight is 310 g/mol. The number of carbonyl (C=O) groups excluding carboxylic acids is 2. The number of esters is 1. The van der Waals surface area contributed by atoms with Crippen molar-refractivity contribution in [2.75, 3.05) is 12.3 Å². The van der Waals surface area contributed by atoms with E-state index >= 15 is 0 Å². The summed E-state index contributed by atoms with van der Waals surface area (Å²) in [5.41, 5.74) is 7.56. The highest BCUT2D eigenvalue weighted by Gasteiger charge is 2.19. The first kappa shape index (κ1) is 14.7. The molecule has 0 bridgehead atoms. The minimum Gasteiger partial charge on any atom is -0.452 e. The summed E-state index contributed by atoms with van der Waals surface area (Å²) >= 11 is 0. The normalized spacial score (nSPS) is 10.7. The van der Waals surface area contributed by atoms with E-state index in [1.165, 1.54) is 12.4 Å². The summed E-state index contributed by atoms with van der Waals surface area (Å²) < 4.78 is 5.01. The van der Waals surface area contributed by atoms with Crippen molar-refractivity contribution in [3.05, 3.63) is 53.6 Å². The van der Waals surface area contributed by atoms with Crippen LogP contribution < -0.4 is 5.73 Å². The Morgan fingerprint density at radius 1 is 1.22 bits per heavy atom. The summed E-state index contributed by atoms with van der Waals surface area (Å²) in [5.74, 6) is -1.11. The zero-order chi connectivity index (χ0) is 16.4. The number of para-hydroxylation sites is 1. The molecule has 0 aliphatic heterocycles. The molecule has 2 aromatic heterocycles. The van der Waals surface area contributed by atoms with Gasteiger partial charge in [0.05, 0.1) is 0 Å². The fourth-order valence-electron chi connectivity index (χ4n) is 2.41. The van der Waals surface area contributed by atoms with Gasteiger partial charge in [0.25, 0.3) is 0 Å². The number of aryl methyl sites for hydroxylation is 1. The smallest absolute Gasteiger partial charge is 0.361 e. The molecular weight excluding hydrogens is 296 g/mol. The van der Waals surface area contributed by atoms with Gasteiger partial charge in [-0.25, -0.2) is 14.8 Å². The number of carbonyl (C=O) groups is 2. The van der Waals surface area contributed by atoms with Gasteiger partial charge in [-0.1, -0.05) is 18.2 Å². The Bertz CT molecular complexity index is 901. The molecule has 0 fully saturated rings. The van der Waals surface area contributed by atoms with E-state index in [1.807, 2.05) is 24.3 Å². The summed E-state index contributed by atoms with van der Waals surface area (Å²) in [7, 11) is 0. The molecule has 1 aromatic carbocycles. The van der Waals surface area contributed by atoms with Gasteiger partial charge in [0.15, 0.2) is 18.1 Å². The topological polar surface area (TPSA) is 111 Å². The van der Waals surface area contributed by atoms with E-state index in [9.17, 15) is 9.59 Å². The predicted octanol–water partition coefficient (Wildman–Crippen LogP) is 1.89. The van der Waals surface area contributed by atoms with Gasteiger partial charge < -0.3 is 15.5 Å². The van der Waals surface area contributed by atoms with Crippen LogP contribution in [0.5, 0.6) is 0 Å². The van der Waals surface area contributed by atoms with Crippen LogP contribution in [-0.2, 0) is 4.74 Å². The van der Waals surface area contributed by atoms with Gasteiger partial charge in [-0.2, -0.15) is 0 Å². The summed E-state index contributed by atoms with van der Waals surface area (Å²) in [5, 5.41) is 0.796. The van der Waals surface area contributed by atoms with Crippen molar-refractivity contribution in [3.63, 3.8) is 0 Å². The molecule has 0 aliphatic carbocycles. The van der Waals surface area contributed by atoms with Crippen LogP contribution in [0, 0.1) is 6.92 Å². The molecule has 23 heavy (non-hydrogen) atoms. The van der Waals surface area contributed by atoms with Gasteiger partial charge in [-0.15, -0.1) is 0 Å². The molecule has 3 N–H and O–H groups in total. The van der Waals surface area contributed by atoms with Crippen molar-refractivity contribution in [1.29, 1.82) is 0 Å². The highest BCUT2D eigenvalue weighted by molar-refractivity contribution is 6.10. The van der Waals surface area contributed by atoms with Gasteiger partial charge in [-0.3, -0.25) is 4.79 Å². The van der Waals surface area contributed by atoms with Crippen molar-refractivity contribution in [2.45, 2.75) is 6.92 Å². The van der Waals surface area contributed by atoms with Crippen LogP contribution in [0.2, 0.25) is 0 Å². The standard InChI is InChI=1S/C16H14N4O3/c1-9-13(10-4-2-3-5-11(10)20-9)12(21)8-23-16(22)14-15(17)19-7-6-18-14/h2-7,20H,8H2,1H3,(H2,17,19). The monoisotopic (exact) mass is 310 g/mol. The number of fused-ring (bicyclic) bond motifs is 1. The molecular formula is C16H14N4O3. The maximum Gasteiger partial charge on any atom is 0.361 e. The summed E-state index contributed by atoms with van der Waals surface area (Å²) in [6, 6.07) is 7.45. The molecule has 2 heterocycles. The largest absolute Gasteiger partial charge is 0.452 e. The molecule has 0 unspecified atom stereocenters. The number of nitrogens with two attached hydrogens (primary N) is 1. The minimum atomic E-state index is -0.776. The number of hydrogen-bond acceptors (Lipinski definition) is 6. The lowest BCUT2D eigenvalue weighted by molar-refractivity contribution is 0.0470. The molecule has 116 valence electrons. The first-order valence-electron chi connectivity index (χ1n) is 6.92. The van der Waals surface area contributed by atoms with Crippen LogP contribution in [0.15, 0.2) is 36.7 Å². The second-order valence-electron chi connectivity index (χ2n) is 4.96. The minimum absolute atomic E-state index is 0.0341. The number of anilines is 1. The zero-order valence-corrected chi connectivity index (χ0v) is 12.4. The maximum atomic E-state index is 12.4. The second kappa shape index (κ2) is 5.88. The van der Waals surface area contributed by atoms with Crippen molar-refractivity contribution in [3.8, 4) is 0 Å². The number of H-pyrrole nitrogens is 1. The van der Waals surface area contributed by atoms with E-state index in [-0.39, 0.29) is 17.3 Å². The van der Waals surface area contributed by atoms with E-state index < -0.39 is 12.6 Å². The lowest BCUT2D eigenvalue weighted by atomic mass is 10.1. The number of Topliss-reactive ketones (excluding diaryl/α,β-unsaturated/α-hetero) is 1. The average Bonchev–Trinajstić information content (AvgIpc) is 2.88.